The van der Waals surface area contributed by atoms with Crippen LogP contribution in [-0.2, 0) is 13.1 Å². The summed E-state index contributed by atoms with van der Waals surface area (Å²) >= 11 is 0. The molecule has 1 saturated carbocycles. The highest BCUT2D eigenvalue weighted by molar-refractivity contribution is 5.89. The Kier molecular flexibility index (Phi) is 3.75. The molecule has 0 unspecified atom stereocenters. The van der Waals surface area contributed by atoms with E-state index in [0.29, 0.717) is 24.7 Å². The van der Waals surface area contributed by atoms with Crippen LogP contribution in [-0.4, -0.2) is 22.0 Å². The van der Waals surface area contributed by atoms with Gasteiger partial charge in [0.25, 0.3) is 0 Å². The van der Waals surface area contributed by atoms with E-state index in [4.69, 9.17) is 4.42 Å². The molecule has 2 aromatic rings. The monoisotopic (exact) mass is 289 g/mol. The predicted molar refractivity (Wildman–Crippen MR) is 74.3 cm³/mol. The van der Waals surface area contributed by atoms with Crippen molar-refractivity contribution in [3.8, 4) is 0 Å². The summed E-state index contributed by atoms with van der Waals surface area (Å²) in [4.78, 5) is 13.4. The molecule has 3 rings (SSSR count). The molecule has 4 nitrogen and oxygen atoms in total. The first-order valence-corrected chi connectivity index (χ1v) is 6.91. The van der Waals surface area contributed by atoms with Crippen molar-refractivity contribution < 1.29 is 18.7 Å². The van der Waals surface area contributed by atoms with Crippen LogP contribution in [0.5, 0.6) is 0 Å². The molecule has 1 aliphatic rings. The Morgan fingerprint density at radius 2 is 2.14 bits per heavy atom. The van der Waals surface area contributed by atoms with E-state index >= 15 is 0 Å². The van der Waals surface area contributed by atoms with E-state index in [2.05, 4.69) is 4.90 Å². The molecule has 0 saturated heterocycles. The molecule has 0 spiro atoms. The molecule has 0 radical (unpaired) electrons. The van der Waals surface area contributed by atoms with Crippen molar-refractivity contribution in [3.05, 3.63) is 59.3 Å². The maximum atomic E-state index is 13.2. The first-order valence-electron chi connectivity index (χ1n) is 6.91. The lowest BCUT2D eigenvalue weighted by molar-refractivity contribution is 0.0693. The average molecular weight is 289 g/mol. The number of benzene rings is 1. The van der Waals surface area contributed by atoms with E-state index in [1.807, 2.05) is 12.1 Å². The zero-order valence-electron chi connectivity index (χ0n) is 11.5. The fraction of sp³-hybridized carbons (Fsp3) is 0.312. The SMILES string of the molecule is O=C(O)c1cc(F)ccc1CN(Cc1ccco1)C1CC1. The van der Waals surface area contributed by atoms with Crippen LogP contribution in [0.2, 0.25) is 0 Å². The molecule has 0 bridgehead atoms. The Bertz CT molecular complexity index is 635. The van der Waals surface area contributed by atoms with Crippen LogP contribution in [0.4, 0.5) is 4.39 Å². The lowest BCUT2D eigenvalue weighted by Gasteiger charge is -2.21. The number of carboxylic acid groups (broad SMARTS) is 1. The average Bonchev–Trinajstić information content (AvgIpc) is 3.18. The van der Waals surface area contributed by atoms with Crippen molar-refractivity contribution in [2.45, 2.75) is 32.0 Å². The summed E-state index contributed by atoms with van der Waals surface area (Å²) in [5.41, 5.74) is 0.655. The highest BCUT2D eigenvalue weighted by Gasteiger charge is 2.30. The molecule has 1 aromatic carbocycles. The molecule has 1 heterocycles. The standard InChI is InChI=1S/C16H16FNO3/c17-12-4-3-11(15(8-12)16(19)20)9-18(13-5-6-13)10-14-2-1-7-21-14/h1-4,7-8,13H,5-6,9-10H2,(H,19,20). The van der Waals surface area contributed by atoms with E-state index < -0.39 is 11.8 Å². The number of hydrogen-bond acceptors (Lipinski definition) is 3. The number of furan rings is 1. The minimum atomic E-state index is -1.10. The van der Waals surface area contributed by atoms with Gasteiger partial charge in [0.05, 0.1) is 18.4 Å². The number of rotatable bonds is 6. The van der Waals surface area contributed by atoms with Crippen molar-refractivity contribution in [1.29, 1.82) is 0 Å². The summed E-state index contributed by atoms with van der Waals surface area (Å²) in [6.07, 6.45) is 3.83. The van der Waals surface area contributed by atoms with Gasteiger partial charge in [0.2, 0.25) is 0 Å². The number of halogens is 1. The van der Waals surface area contributed by atoms with Crippen molar-refractivity contribution in [2.24, 2.45) is 0 Å². The molecule has 110 valence electrons. The third kappa shape index (κ3) is 3.31. The number of aromatic carboxylic acids is 1. The molecule has 0 aliphatic heterocycles. The van der Waals surface area contributed by atoms with Gasteiger partial charge in [-0.2, -0.15) is 0 Å². The molecule has 0 atom stereocenters. The number of hydrogen-bond donors (Lipinski definition) is 1. The van der Waals surface area contributed by atoms with Gasteiger partial charge in [-0.15, -0.1) is 0 Å². The zero-order chi connectivity index (χ0) is 14.8. The second-order valence-electron chi connectivity index (χ2n) is 5.32. The molecule has 21 heavy (non-hydrogen) atoms. The molecule has 1 aliphatic carbocycles. The molecule has 1 fully saturated rings. The largest absolute Gasteiger partial charge is 0.478 e. The second-order valence-corrected chi connectivity index (χ2v) is 5.32. The van der Waals surface area contributed by atoms with Gasteiger partial charge in [-0.3, -0.25) is 4.90 Å². The van der Waals surface area contributed by atoms with Crippen molar-refractivity contribution in [2.75, 3.05) is 0 Å². The van der Waals surface area contributed by atoms with Crippen LogP contribution in [0.1, 0.15) is 34.5 Å². The molecule has 1 N–H and O–H groups in total. The van der Waals surface area contributed by atoms with E-state index in [1.54, 1.807) is 12.3 Å². The summed E-state index contributed by atoms with van der Waals surface area (Å²) in [6.45, 7) is 1.11. The van der Waals surface area contributed by atoms with Crippen LogP contribution in [0.15, 0.2) is 41.0 Å². The minimum Gasteiger partial charge on any atom is -0.478 e. The molecular formula is C16H16FNO3. The van der Waals surface area contributed by atoms with Gasteiger partial charge >= 0.3 is 5.97 Å². The summed E-state index contributed by atoms with van der Waals surface area (Å²) in [7, 11) is 0. The Morgan fingerprint density at radius 1 is 1.33 bits per heavy atom. The fourth-order valence-corrected chi connectivity index (χ4v) is 2.46. The number of carboxylic acids is 1. The third-order valence-electron chi connectivity index (χ3n) is 3.68. The maximum Gasteiger partial charge on any atom is 0.336 e. The van der Waals surface area contributed by atoms with Gasteiger partial charge in [-0.05, 0) is 42.7 Å². The Hall–Kier alpha value is -2.14. The van der Waals surface area contributed by atoms with Crippen molar-refractivity contribution in [1.82, 2.24) is 4.90 Å². The van der Waals surface area contributed by atoms with Gasteiger partial charge in [-0.1, -0.05) is 6.07 Å². The van der Waals surface area contributed by atoms with E-state index in [0.717, 1.165) is 24.7 Å². The highest BCUT2D eigenvalue weighted by atomic mass is 19.1. The first kappa shape index (κ1) is 13.8. The summed E-state index contributed by atoms with van der Waals surface area (Å²) in [5, 5.41) is 9.21. The van der Waals surface area contributed by atoms with Crippen LogP contribution < -0.4 is 0 Å². The Labute approximate surface area is 121 Å². The minimum absolute atomic E-state index is 0.0279. The van der Waals surface area contributed by atoms with Crippen molar-refractivity contribution >= 4 is 5.97 Å². The predicted octanol–water partition coefficient (Wildman–Crippen LogP) is 3.28. The summed E-state index contributed by atoms with van der Waals surface area (Å²) < 4.78 is 18.6. The molecule has 0 amide bonds. The zero-order valence-corrected chi connectivity index (χ0v) is 11.5. The van der Waals surface area contributed by atoms with Gasteiger partial charge in [0, 0.05) is 12.6 Å². The number of nitrogens with zero attached hydrogens (tertiary/aromatic N) is 1. The van der Waals surface area contributed by atoms with Gasteiger partial charge in [-0.25, -0.2) is 9.18 Å². The second kappa shape index (κ2) is 5.69. The maximum absolute atomic E-state index is 13.2. The topological polar surface area (TPSA) is 53.7 Å². The number of carbonyl (C=O) groups is 1. The molecular weight excluding hydrogens is 273 g/mol. The van der Waals surface area contributed by atoms with Crippen LogP contribution in [0, 0.1) is 5.82 Å². The van der Waals surface area contributed by atoms with E-state index in [1.165, 1.54) is 6.07 Å². The Balaban J connectivity index is 1.81. The van der Waals surface area contributed by atoms with Crippen LogP contribution in [0.25, 0.3) is 0 Å². The summed E-state index contributed by atoms with van der Waals surface area (Å²) in [5.74, 6) is -0.778. The fourth-order valence-electron chi connectivity index (χ4n) is 2.46. The van der Waals surface area contributed by atoms with Gasteiger partial charge in [0.1, 0.15) is 11.6 Å². The third-order valence-corrected chi connectivity index (χ3v) is 3.68. The van der Waals surface area contributed by atoms with Gasteiger partial charge < -0.3 is 9.52 Å². The first-order chi connectivity index (χ1) is 10.1. The quantitative estimate of drug-likeness (QED) is 0.886. The highest BCUT2D eigenvalue weighted by Crippen LogP contribution is 2.30. The van der Waals surface area contributed by atoms with Crippen LogP contribution in [0.3, 0.4) is 0 Å². The lowest BCUT2D eigenvalue weighted by atomic mass is 10.1. The van der Waals surface area contributed by atoms with Crippen LogP contribution >= 0.6 is 0 Å². The van der Waals surface area contributed by atoms with E-state index in [-0.39, 0.29) is 5.56 Å². The van der Waals surface area contributed by atoms with Gasteiger partial charge in [0.15, 0.2) is 0 Å². The lowest BCUT2D eigenvalue weighted by Crippen LogP contribution is -2.26. The Morgan fingerprint density at radius 3 is 2.76 bits per heavy atom. The molecule has 5 heteroatoms. The normalized spacial score (nSPS) is 14.6. The summed E-state index contributed by atoms with van der Waals surface area (Å²) in [6, 6.07) is 8.12. The smallest absolute Gasteiger partial charge is 0.336 e. The molecule has 1 aromatic heterocycles. The van der Waals surface area contributed by atoms with Crippen molar-refractivity contribution in [3.63, 3.8) is 0 Å². The van der Waals surface area contributed by atoms with E-state index in [9.17, 15) is 14.3 Å².